The third-order valence-electron chi connectivity index (χ3n) is 8.21. The fourth-order valence-corrected chi connectivity index (χ4v) is 5.90. The third-order valence-corrected chi connectivity index (χ3v) is 8.21. The average molecular weight is 550 g/mol. The van der Waals surface area contributed by atoms with Crippen molar-refractivity contribution in [3.63, 3.8) is 0 Å². The first-order valence-corrected chi connectivity index (χ1v) is 14.0. The molecule has 0 saturated carbocycles. The van der Waals surface area contributed by atoms with E-state index in [1.807, 2.05) is 48.8 Å². The molecule has 10 heteroatoms. The minimum Gasteiger partial charge on any atom is -0.341 e. The van der Waals surface area contributed by atoms with Gasteiger partial charge in [-0.15, -0.1) is 0 Å². The van der Waals surface area contributed by atoms with Gasteiger partial charge in [0, 0.05) is 56.1 Å². The topological polar surface area (TPSA) is 131 Å². The molecule has 2 saturated heterocycles. The number of nitriles is 1. The Bertz CT molecular complexity index is 1520. The summed E-state index contributed by atoms with van der Waals surface area (Å²) >= 11 is 0. The van der Waals surface area contributed by atoms with Gasteiger partial charge in [0.1, 0.15) is 6.04 Å². The summed E-state index contributed by atoms with van der Waals surface area (Å²) in [6.07, 6.45) is 6.35. The predicted octanol–water partition coefficient (Wildman–Crippen LogP) is 2.78. The van der Waals surface area contributed by atoms with Gasteiger partial charge in [0.15, 0.2) is 0 Å². The molecule has 4 heterocycles. The number of benzene rings is 2. The number of fused-ring (bicyclic) bond motifs is 1. The molecular weight excluding hydrogens is 518 g/mol. The average Bonchev–Trinajstić information content (AvgIpc) is 3.32. The van der Waals surface area contributed by atoms with Gasteiger partial charge in [0.05, 0.1) is 11.6 Å². The minimum atomic E-state index is -0.593. The lowest BCUT2D eigenvalue weighted by atomic mass is 9.97. The zero-order chi connectivity index (χ0) is 28.3. The van der Waals surface area contributed by atoms with Crippen LogP contribution in [0.3, 0.4) is 0 Å². The van der Waals surface area contributed by atoms with E-state index in [1.54, 1.807) is 11.0 Å². The highest BCUT2D eigenvalue weighted by Gasteiger charge is 2.39. The van der Waals surface area contributed by atoms with Gasteiger partial charge < -0.3 is 15.1 Å². The zero-order valence-electron chi connectivity index (χ0n) is 22.7. The van der Waals surface area contributed by atoms with Crippen LogP contribution in [0.25, 0.3) is 11.1 Å². The molecule has 0 bridgehead atoms. The highest BCUT2D eigenvalue weighted by molar-refractivity contribution is 6.05. The molecule has 2 fully saturated rings. The number of carbonyl (C=O) groups is 3. The molecule has 1 unspecified atom stereocenters. The van der Waals surface area contributed by atoms with E-state index < -0.39 is 6.04 Å². The largest absolute Gasteiger partial charge is 0.341 e. The van der Waals surface area contributed by atoms with Gasteiger partial charge in [0.25, 0.3) is 5.91 Å². The number of anilines is 1. The second-order valence-electron chi connectivity index (χ2n) is 10.9. The second kappa shape index (κ2) is 11.5. The number of nitrogens with one attached hydrogen (secondary N) is 2. The third kappa shape index (κ3) is 5.67. The van der Waals surface area contributed by atoms with Crippen LogP contribution in [0.15, 0.2) is 54.9 Å². The molecule has 0 aliphatic carbocycles. The highest BCUT2D eigenvalue weighted by atomic mass is 16.2. The van der Waals surface area contributed by atoms with Gasteiger partial charge in [-0.2, -0.15) is 5.26 Å². The van der Waals surface area contributed by atoms with Gasteiger partial charge >= 0.3 is 0 Å². The van der Waals surface area contributed by atoms with Gasteiger partial charge in [-0.05, 0) is 66.6 Å². The molecule has 3 amide bonds. The van der Waals surface area contributed by atoms with Crippen molar-refractivity contribution in [2.24, 2.45) is 5.92 Å². The Balaban J connectivity index is 0.973. The molecule has 1 aromatic heterocycles. The predicted molar refractivity (Wildman–Crippen MR) is 151 cm³/mol. The summed E-state index contributed by atoms with van der Waals surface area (Å²) in [6, 6.07) is 14.9. The van der Waals surface area contributed by atoms with E-state index in [4.69, 9.17) is 5.26 Å². The molecular formula is C31H31N7O3. The summed E-state index contributed by atoms with van der Waals surface area (Å²) in [5.41, 5.74) is 5.11. The Morgan fingerprint density at radius 2 is 1.80 bits per heavy atom. The first kappa shape index (κ1) is 26.6. The summed E-state index contributed by atoms with van der Waals surface area (Å²) < 4.78 is 0. The van der Waals surface area contributed by atoms with Crippen LogP contribution in [-0.4, -0.2) is 58.3 Å². The van der Waals surface area contributed by atoms with E-state index in [2.05, 4.69) is 31.6 Å². The Hall–Kier alpha value is -4.62. The van der Waals surface area contributed by atoms with Crippen molar-refractivity contribution >= 4 is 23.7 Å². The number of amides is 3. The maximum absolute atomic E-state index is 12.9. The van der Waals surface area contributed by atoms with Crippen LogP contribution in [0.1, 0.15) is 52.7 Å². The van der Waals surface area contributed by atoms with Crippen LogP contribution in [0.4, 0.5) is 5.95 Å². The number of hydrogen-bond acceptors (Lipinski definition) is 8. The molecule has 6 rings (SSSR count). The van der Waals surface area contributed by atoms with Gasteiger partial charge in [-0.3, -0.25) is 19.7 Å². The molecule has 3 aliphatic rings. The molecule has 3 aliphatic heterocycles. The molecule has 10 nitrogen and oxygen atoms in total. The fraction of sp³-hybridized carbons (Fsp3) is 0.355. The summed E-state index contributed by atoms with van der Waals surface area (Å²) in [5, 5.41) is 15.1. The van der Waals surface area contributed by atoms with Crippen molar-refractivity contribution in [3.8, 4) is 17.2 Å². The van der Waals surface area contributed by atoms with Gasteiger partial charge in [-0.1, -0.05) is 24.3 Å². The molecule has 1 atom stereocenters. The highest BCUT2D eigenvalue weighted by Crippen LogP contribution is 2.28. The van der Waals surface area contributed by atoms with E-state index in [-0.39, 0.29) is 24.1 Å². The Labute approximate surface area is 238 Å². The van der Waals surface area contributed by atoms with Crippen LogP contribution in [0.2, 0.25) is 0 Å². The fourth-order valence-electron chi connectivity index (χ4n) is 5.90. The monoisotopic (exact) mass is 549 g/mol. The minimum absolute atomic E-state index is 0.146. The Morgan fingerprint density at radius 3 is 2.56 bits per heavy atom. The number of nitrogens with zero attached hydrogens (tertiary/aromatic N) is 5. The normalized spacial score (nSPS) is 19.2. The zero-order valence-corrected chi connectivity index (χ0v) is 22.7. The number of hydrogen-bond donors (Lipinski definition) is 2. The Morgan fingerprint density at radius 1 is 1.00 bits per heavy atom. The summed E-state index contributed by atoms with van der Waals surface area (Å²) in [4.78, 5) is 49.7. The van der Waals surface area contributed by atoms with E-state index in [0.29, 0.717) is 36.6 Å². The maximum Gasteiger partial charge on any atom is 0.255 e. The lowest BCUT2D eigenvalue weighted by Crippen LogP contribution is -2.52. The number of rotatable bonds is 7. The number of aromatic nitrogens is 2. The number of imide groups is 1. The first-order valence-electron chi connectivity index (χ1n) is 14.0. The van der Waals surface area contributed by atoms with Crippen LogP contribution in [-0.2, 0) is 22.7 Å². The first-order chi connectivity index (χ1) is 20.0. The van der Waals surface area contributed by atoms with Crippen molar-refractivity contribution in [2.45, 2.75) is 44.8 Å². The van der Waals surface area contributed by atoms with Crippen molar-refractivity contribution in [1.29, 1.82) is 5.26 Å². The van der Waals surface area contributed by atoms with Crippen LogP contribution in [0.5, 0.6) is 0 Å². The van der Waals surface area contributed by atoms with Crippen molar-refractivity contribution in [2.75, 3.05) is 24.5 Å². The molecule has 0 radical (unpaired) electrons. The van der Waals surface area contributed by atoms with Crippen molar-refractivity contribution in [3.05, 3.63) is 77.1 Å². The van der Waals surface area contributed by atoms with E-state index in [9.17, 15) is 14.4 Å². The second-order valence-corrected chi connectivity index (χ2v) is 10.9. The smallest absolute Gasteiger partial charge is 0.255 e. The van der Waals surface area contributed by atoms with E-state index in [0.717, 1.165) is 60.7 Å². The lowest BCUT2D eigenvalue weighted by Gasteiger charge is -2.32. The standard InChI is InChI=1S/C31H31N7O3/c32-14-21-2-1-3-23(12-21)25-17-34-31(35-18-25)37-10-8-20(9-11-37)15-33-16-22-4-5-26-24(13-22)19-38(30(26)41)27-6-7-28(39)36-29(27)40/h1-5,12-13,17-18,20,27,33H,6-11,15-16,19H2,(H,36,39,40). The molecule has 41 heavy (non-hydrogen) atoms. The molecule has 2 N–H and O–H groups in total. The van der Waals surface area contributed by atoms with Gasteiger partial charge in [0.2, 0.25) is 17.8 Å². The summed E-state index contributed by atoms with van der Waals surface area (Å²) in [5.74, 6) is 0.472. The van der Waals surface area contributed by atoms with Crippen LogP contribution >= 0.6 is 0 Å². The van der Waals surface area contributed by atoms with Crippen LogP contribution < -0.4 is 15.5 Å². The molecule has 2 aromatic carbocycles. The number of piperidine rings is 2. The Kier molecular flexibility index (Phi) is 7.44. The van der Waals surface area contributed by atoms with E-state index in [1.165, 1.54) is 0 Å². The number of carbonyl (C=O) groups excluding carboxylic acids is 3. The quantitative estimate of drug-likeness (QED) is 0.430. The lowest BCUT2D eigenvalue weighted by molar-refractivity contribution is -0.136. The van der Waals surface area contributed by atoms with Crippen molar-refractivity contribution in [1.82, 2.24) is 25.5 Å². The molecule has 0 spiro atoms. The molecule has 208 valence electrons. The van der Waals surface area contributed by atoms with Crippen LogP contribution in [0, 0.1) is 17.2 Å². The van der Waals surface area contributed by atoms with Crippen molar-refractivity contribution < 1.29 is 14.4 Å². The molecule has 3 aromatic rings. The van der Waals surface area contributed by atoms with E-state index >= 15 is 0 Å². The summed E-state index contributed by atoms with van der Waals surface area (Å²) in [7, 11) is 0. The SMILES string of the molecule is N#Cc1cccc(-c2cnc(N3CCC(CNCc4ccc5c(c4)CN(C4CCC(=O)NC4=O)C5=O)CC3)nc2)c1. The van der Waals surface area contributed by atoms with Gasteiger partial charge in [-0.25, -0.2) is 9.97 Å². The summed E-state index contributed by atoms with van der Waals surface area (Å²) in [6.45, 7) is 3.79. The maximum atomic E-state index is 12.9.